The number of rotatable bonds is 5. The molecule has 0 spiro atoms. The molecule has 1 saturated heterocycles. The number of aryl methyl sites for hydroxylation is 2. The number of carbonyl (C=O) groups excluding carboxylic acids is 2. The van der Waals surface area contributed by atoms with Gasteiger partial charge in [-0.15, -0.1) is 0 Å². The maximum absolute atomic E-state index is 13.8. The third kappa shape index (κ3) is 3.54. The molecule has 3 N–H and O–H groups in total. The summed E-state index contributed by atoms with van der Waals surface area (Å²) >= 11 is 1.16. The number of amides is 2. The number of piperidine rings is 1. The average Bonchev–Trinajstić information content (AvgIpc) is 3.08. The second-order valence-electron chi connectivity index (χ2n) is 8.33. The van der Waals surface area contributed by atoms with Crippen LogP contribution in [0.3, 0.4) is 0 Å². The minimum absolute atomic E-state index is 0.139. The highest BCUT2D eigenvalue weighted by Gasteiger charge is 2.54. The number of anilines is 1. The number of carbonyl (C=O) groups is 2. The number of nitrogens with zero attached hydrogens (tertiary/aromatic N) is 3. The molecule has 32 heavy (non-hydrogen) atoms. The molecule has 1 aliphatic carbocycles. The Hall–Kier alpha value is -3.27. The lowest BCUT2D eigenvalue weighted by Crippen LogP contribution is -2.45. The Morgan fingerprint density at radius 2 is 2.19 bits per heavy atom. The van der Waals surface area contributed by atoms with E-state index in [4.69, 9.17) is 10.3 Å². The quantitative estimate of drug-likeness (QED) is 0.611. The zero-order valence-corrected chi connectivity index (χ0v) is 18.4. The molecule has 8 nitrogen and oxygen atoms in total. The lowest BCUT2D eigenvalue weighted by Gasteiger charge is -2.27. The van der Waals surface area contributed by atoms with Gasteiger partial charge in [0.25, 0.3) is 11.8 Å². The van der Waals surface area contributed by atoms with Crippen molar-refractivity contribution in [1.29, 1.82) is 0 Å². The normalized spacial score (nSPS) is 21.5. The summed E-state index contributed by atoms with van der Waals surface area (Å²) in [5.41, 5.74) is 7.66. The average molecular weight is 456 g/mol. The lowest BCUT2D eigenvalue weighted by molar-refractivity contribution is 0.0690. The van der Waals surface area contributed by atoms with Crippen LogP contribution in [0.4, 0.5) is 9.52 Å². The largest absolute Gasteiger partial charge is 0.375 e. The molecule has 1 aliphatic heterocycles. The van der Waals surface area contributed by atoms with Crippen LogP contribution in [0.25, 0.3) is 10.4 Å². The molecule has 3 aromatic rings. The summed E-state index contributed by atoms with van der Waals surface area (Å²) in [6.45, 7) is 4.34. The van der Waals surface area contributed by atoms with Crippen molar-refractivity contribution in [3.8, 4) is 10.4 Å². The van der Waals surface area contributed by atoms with E-state index in [1.165, 1.54) is 12.1 Å². The van der Waals surface area contributed by atoms with E-state index in [9.17, 15) is 14.0 Å². The van der Waals surface area contributed by atoms with Gasteiger partial charge in [0.2, 0.25) is 0 Å². The molecule has 2 aliphatic rings. The van der Waals surface area contributed by atoms with Gasteiger partial charge in [-0.05, 0) is 49.8 Å². The van der Waals surface area contributed by atoms with Crippen molar-refractivity contribution in [1.82, 2.24) is 20.4 Å². The van der Waals surface area contributed by atoms with Gasteiger partial charge in [0, 0.05) is 13.1 Å². The molecule has 2 amide bonds. The number of likely N-dealkylation sites (tertiary alicyclic amines) is 1. The Labute approximate surface area is 187 Å². The van der Waals surface area contributed by atoms with Gasteiger partial charge in [-0.25, -0.2) is 9.37 Å². The molecule has 0 bridgehead atoms. The Morgan fingerprint density at radius 3 is 2.91 bits per heavy atom. The van der Waals surface area contributed by atoms with Gasteiger partial charge in [0.05, 0.1) is 16.6 Å². The molecular weight excluding hydrogens is 433 g/mol. The van der Waals surface area contributed by atoms with Gasteiger partial charge in [0.1, 0.15) is 22.8 Å². The minimum atomic E-state index is -0.393. The van der Waals surface area contributed by atoms with E-state index in [1.54, 1.807) is 30.9 Å². The molecule has 0 radical (unpaired) electrons. The highest BCUT2D eigenvalue weighted by molar-refractivity contribution is 7.19. The van der Waals surface area contributed by atoms with Gasteiger partial charge in [-0.3, -0.25) is 9.59 Å². The van der Waals surface area contributed by atoms with Crippen LogP contribution in [0.15, 0.2) is 28.8 Å². The molecule has 5 rings (SSSR count). The summed E-state index contributed by atoms with van der Waals surface area (Å²) in [7, 11) is 0. The third-order valence-electron chi connectivity index (χ3n) is 6.23. The number of benzene rings is 1. The highest BCUT2D eigenvalue weighted by atomic mass is 32.1. The topological polar surface area (TPSA) is 114 Å². The summed E-state index contributed by atoms with van der Waals surface area (Å²) in [5, 5.41) is 7.01. The van der Waals surface area contributed by atoms with E-state index >= 15 is 0 Å². The number of halogens is 1. The van der Waals surface area contributed by atoms with Crippen LogP contribution < -0.4 is 11.1 Å². The summed E-state index contributed by atoms with van der Waals surface area (Å²) in [4.78, 5) is 32.7. The summed E-state index contributed by atoms with van der Waals surface area (Å²) in [6, 6.07) is 5.90. The summed E-state index contributed by atoms with van der Waals surface area (Å²) < 4.78 is 18.8. The van der Waals surface area contributed by atoms with Crippen molar-refractivity contribution in [2.75, 3.05) is 18.8 Å². The fraction of sp³-hybridized carbons (Fsp3) is 0.364. The van der Waals surface area contributed by atoms with Gasteiger partial charge >= 0.3 is 0 Å². The molecular formula is C22H22FN5O3S. The maximum atomic E-state index is 13.8. The number of thiazole rings is 1. The minimum Gasteiger partial charge on any atom is -0.375 e. The van der Waals surface area contributed by atoms with Crippen LogP contribution in [-0.2, 0) is 0 Å². The molecule has 2 aromatic heterocycles. The molecule has 2 fully saturated rings. The number of aromatic nitrogens is 2. The van der Waals surface area contributed by atoms with Crippen molar-refractivity contribution in [3.63, 3.8) is 0 Å². The first-order valence-electron chi connectivity index (χ1n) is 10.4. The van der Waals surface area contributed by atoms with Crippen LogP contribution in [-0.4, -0.2) is 46.0 Å². The highest BCUT2D eigenvalue weighted by Crippen LogP contribution is 2.50. The Morgan fingerprint density at radius 1 is 1.38 bits per heavy atom. The molecule has 0 unspecified atom stereocenters. The van der Waals surface area contributed by atoms with Crippen LogP contribution in [0.1, 0.15) is 38.7 Å². The number of nitrogens with two attached hydrogens (primary N) is 1. The van der Waals surface area contributed by atoms with Crippen LogP contribution >= 0.6 is 11.3 Å². The molecule has 10 heteroatoms. The Bertz CT molecular complexity index is 1200. The fourth-order valence-electron chi connectivity index (χ4n) is 4.60. The number of nitrogens with one attached hydrogen (secondary N) is 1. The second kappa shape index (κ2) is 7.70. The van der Waals surface area contributed by atoms with Gasteiger partial charge in [-0.2, -0.15) is 0 Å². The smallest absolute Gasteiger partial charge is 0.274 e. The SMILES string of the molecule is Cc1noc(C)c1C(=O)NC[C@@H]1[C@H]2C[C@H]2CN1C(=O)c1nc(N)sc1-c1cccc(F)c1. The van der Waals surface area contributed by atoms with Crippen LogP contribution in [0.5, 0.6) is 0 Å². The van der Waals surface area contributed by atoms with E-state index in [1.807, 2.05) is 0 Å². The predicted molar refractivity (Wildman–Crippen MR) is 117 cm³/mol. The number of nitrogen functional groups attached to an aromatic ring is 1. The van der Waals surface area contributed by atoms with E-state index in [2.05, 4.69) is 15.5 Å². The fourth-order valence-corrected chi connectivity index (χ4v) is 5.42. The maximum Gasteiger partial charge on any atom is 0.274 e. The van der Waals surface area contributed by atoms with E-state index in [-0.39, 0.29) is 28.7 Å². The van der Waals surface area contributed by atoms with Crippen molar-refractivity contribution in [2.45, 2.75) is 26.3 Å². The van der Waals surface area contributed by atoms with Crippen LogP contribution in [0.2, 0.25) is 0 Å². The van der Waals surface area contributed by atoms with Gasteiger partial charge in [0.15, 0.2) is 5.13 Å². The van der Waals surface area contributed by atoms with E-state index in [0.717, 1.165) is 17.8 Å². The zero-order valence-electron chi connectivity index (χ0n) is 17.6. The van der Waals surface area contributed by atoms with Crippen molar-refractivity contribution < 1.29 is 18.5 Å². The third-order valence-corrected chi connectivity index (χ3v) is 7.16. The van der Waals surface area contributed by atoms with Crippen LogP contribution in [0, 0.1) is 31.5 Å². The summed E-state index contributed by atoms with van der Waals surface area (Å²) in [5.74, 6) is 0.319. The molecule has 3 heterocycles. The van der Waals surface area contributed by atoms with Crippen molar-refractivity contribution in [3.05, 3.63) is 52.8 Å². The molecule has 166 valence electrons. The number of hydrogen-bond acceptors (Lipinski definition) is 7. The molecule has 3 atom stereocenters. The Balaban J connectivity index is 1.37. The molecule has 1 saturated carbocycles. The first-order valence-corrected chi connectivity index (χ1v) is 11.2. The van der Waals surface area contributed by atoms with Gasteiger partial charge < -0.3 is 20.5 Å². The Kier molecular flexibility index (Phi) is 4.96. The van der Waals surface area contributed by atoms with E-state index in [0.29, 0.717) is 52.4 Å². The monoisotopic (exact) mass is 455 g/mol. The van der Waals surface area contributed by atoms with E-state index < -0.39 is 5.82 Å². The second-order valence-corrected chi connectivity index (χ2v) is 9.36. The van der Waals surface area contributed by atoms with Crippen molar-refractivity contribution >= 4 is 28.3 Å². The standard InChI is InChI=1S/C22H22FN5O3S/c1-10-17(11(2)31-27-10)20(29)25-8-16-15-7-13(15)9-28(16)21(30)18-19(32-22(24)26-18)12-4-3-5-14(23)6-12/h3-6,13,15-16H,7-9H2,1-2H3,(H2,24,26)(H,25,29)/t13-,15-,16+/m0/s1. The van der Waals surface area contributed by atoms with Crippen molar-refractivity contribution in [2.24, 2.45) is 11.8 Å². The van der Waals surface area contributed by atoms with Gasteiger partial charge in [-0.1, -0.05) is 28.6 Å². The summed E-state index contributed by atoms with van der Waals surface area (Å²) in [6.07, 6.45) is 1.03. The first kappa shape index (κ1) is 20.6. The zero-order chi connectivity index (χ0) is 22.6. The lowest BCUT2D eigenvalue weighted by atomic mass is 10.1. The predicted octanol–water partition coefficient (Wildman–Crippen LogP) is 3.03. The number of hydrogen-bond donors (Lipinski definition) is 2. The molecule has 1 aromatic carbocycles. The first-order chi connectivity index (χ1) is 15.3. The number of fused-ring (bicyclic) bond motifs is 1.